The van der Waals surface area contributed by atoms with E-state index >= 15 is 0 Å². The maximum Gasteiger partial charge on any atom is 0.191 e. The first-order chi connectivity index (χ1) is 13.7. The average molecular weight is 406 g/mol. The van der Waals surface area contributed by atoms with Gasteiger partial charge in [-0.25, -0.2) is 0 Å². The fourth-order valence-corrected chi connectivity index (χ4v) is 4.86. The predicted octanol–water partition coefficient (Wildman–Crippen LogP) is 3.54. The van der Waals surface area contributed by atoms with E-state index in [1.54, 1.807) is 0 Å². The lowest BCUT2D eigenvalue weighted by molar-refractivity contribution is -0.0265. The normalized spacial score (nSPS) is 25.3. The van der Waals surface area contributed by atoms with Gasteiger partial charge >= 0.3 is 0 Å². The molecule has 3 rings (SSSR count). The average Bonchev–Trinajstić information content (AvgIpc) is 2.75. The Morgan fingerprint density at radius 1 is 1.18 bits per heavy atom. The van der Waals surface area contributed by atoms with Crippen molar-refractivity contribution in [3.8, 4) is 0 Å². The number of benzene rings is 1. The quantitative estimate of drug-likeness (QED) is 0.560. The summed E-state index contributed by atoms with van der Waals surface area (Å²) in [5, 5.41) is 7.10. The Kier molecular flexibility index (Phi) is 8.06. The summed E-state index contributed by atoms with van der Waals surface area (Å²) in [5.41, 5.74) is 2.57. The molecular formula is C22H35N3O2S. The second kappa shape index (κ2) is 10.5. The zero-order valence-corrected chi connectivity index (χ0v) is 18.3. The van der Waals surface area contributed by atoms with Crippen molar-refractivity contribution in [2.24, 2.45) is 10.9 Å². The van der Waals surface area contributed by atoms with E-state index in [9.17, 15) is 0 Å². The van der Waals surface area contributed by atoms with Crippen LogP contribution in [-0.4, -0.2) is 56.9 Å². The second-order valence-corrected chi connectivity index (χ2v) is 9.18. The van der Waals surface area contributed by atoms with Gasteiger partial charge in [0.25, 0.3) is 0 Å². The van der Waals surface area contributed by atoms with Crippen LogP contribution in [0.25, 0.3) is 0 Å². The molecular weight excluding hydrogens is 370 g/mol. The maximum atomic E-state index is 6.15. The van der Waals surface area contributed by atoms with E-state index in [1.165, 1.54) is 17.5 Å². The molecule has 2 fully saturated rings. The van der Waals surface area contributed by atoms with Crippen LogP contribution < -0.4 is 10.6 Å². The van der Waals surface area contributed by atoms with Crippen molar-refractivity contribution in [2.45, 2.75) is 43.5 Å². The van der Waals surface area contributed by atoms with Crippen LogP contribution in [0.5, 0.6) is 0 Å². The van der Waals surface area contributed by atoms with Gasteiger partial charge < -0.3 is 20.1 Å². The standard InChI is InChI=1S/C22H35N3O2S/c1-17-6-8-18(9-7-17)20-19(5-4-12-27-20)15-24-21(23-2)25-16-22(28-3)10-13-26-14-11-22/h6-9,19-20H,4-5,10-16H2,1-3H3,(H2,23,24,25). The molecule has 28 heavy (non-hydrogen) atoms. The highest BCUT2D eigenvalue weighted by Crippen LogP contribution is 2.34. The second-order valence-electron chi connectivity index (χ2n) is 7.91. The number of thioether (sulfide) groups is 1. The number of aliphatic imine (C=N–C) groups is 1. The first-order valence-electron chi connectivity index (χ1n) is 10.4. The van der Waals surface area contributed by atoms with E-state index in [1.807, 2.05) is 18.8 Å². The smallest absolute Gasteiger partial charge is 0.191 e. The molecule has 2 N–H and O–H groups in total. The predicted molar refractivity (Wildman–Crippen MR) is 118 cm³/mol. The van der Waals surface area contributed by atoms with Crippen LogP contribution in [0.15, 0.2) is 29.3 Å². The number of ether oxygens (including phenoxy) is 2. The fraction of sp³-hybridized carbons (Fsp3) is 0.682. The van der Waals surface area contributed by atoms with E-state index in [0.29, 0.717) is 5.92 Å². The van der Waals surface area contributed by atoms with Gasteiger partial charge in [-0.3, -0.25) is 4.99 Å². The van der Waals surface area contributed by atoms with Crippen LogP contribution >= 0.6 is 11.8 Å². The lowest BCUT2D eigenvalue weighted by atomic mass is 9.89. The fourth-order valence-electron chi connectivity index (χ4n) is 4.07. The third kappa shape index (κ3) is 5.65. The molecule has 0 bridgehead atoms. The highest BCUT2D eigenvalue weighted by molar-refractivity contribution is 8.00. The van der Waals surface area contributed by atoms with E-state index in [4.69, 9.17) is 9.47 Å². The van der Waals surface area contributed by atoms with Gasteiger partial charge in [0.15, 0.2) is 5.96 Å². The molecule has 0 radical (unpaired) electrons. The highest BCUT2D eigenvalue weighted by Gasteiger charge is 2.32. The molecule has 0 saturated carbocycles. The van der Waals surface area contributed by atoms with Crippen molar-refractivity contribution < 1.29 is 9.47 Å². The maximum absolute atomic E-state index is 6.15. The first-order valence-corrected chi connectivity index (χ1v) is 11.6. The minimum absolute atomic E-state index is 0.160. The third-order valence-corrected chi connectivity index (χ3v) is 7.44. The molecule has 2 saturated heterocycles. The van der Waals surface area contributed by atoms with Gasteiger partial charge in [-0.15, -0.1) is 0 Å². The van der Waals surface area contributed by atoms with Gasteiger partial charge in [-0.1, -0.05) is 29.8 Å². The summed E-state index contributed by atoms with van der Waals surface area (Å²) in [6, 6.07) is 8.76. The van der Waals surface area contributed by atoms with Crippen molar-refractivity contribution >= 4 is 17.7 Å². The zero-order chi connectivity index (χ0) is 19.8. The molecule has 0 aliphatic carbocycles. The highest BCUT2D eigenvalue weighted by atomic mass is 32.2. The molecule has 0 spiro atoms. The SMILES string of the molecule is CN=C(NCC1CCCOC1c1ccc(C)cc1)NCC1(SC)CCOCC1. The molecule has 0 amide bonds. The molecule has 6 heteroatoms. The van der Waals surface area contributed by atoms with Crippen LogP contribution in [0, 0.1) is 12.8 Å². The number of nitrogens with zero attached hydrogens (tertiary/aromatic N) is 1. The van der Waals surface area contributed by atoms with Crippen LogP contribution in [0.2, 0.25) is 0 Å². The van der Waals surface area contributed by atoms with Crippen LogP contribution in [0.4, 0.5) is 0 Å². The van der Waals surface area contributed by atoms with Crippen LogP contribution in [-0.2, 0) is 9.47 Å². The molecule has 156 valence electrons. The number of rotatable bonds is 6. The Morgan fingerprint density at radius 3 is 2.61 bits per heavy atom. The summed E-state index contributed by atoms with van der Waals surface area (Å²) >= 11 is 1.95. The number of aryl methyl sites for hydroxylation is 1. The summed E-state index contributed by atoms with van der Waals surface area (Å²) in [5.74, 6) is 1.33. The molecule has 5 nitrogen and oxygen atoms in total. The Morgan fingerprint density at radius 2 is 1.93 bits per heavy atom. The molecule has 2 aliphatic rings. The molecule has 2 heterocycles. The number of guanidine groups is 1. The summed E-state index contributed by atoms with van der Waals surface area (Å²) in [7, 11) is 1.85. The van der Waals surface area contributed by atoms with E-state index in [2.05, 4.69) is 53.1 Å². The minimum atomic E-state index is 0.160. The monoisotopic (exact) mass is 405 g/mol. The molecule has 2 aliphatic heterocycles. The Bertz CT molecular complexity index is 629. The van der Waals surface area contributed by atoms with Crippen LogP contribution in [0.1, 0.15) is 42.9 Å². The third-order valence-electron chi connectivity index (χ3n) is 6.02. The zero-order valence-electron chi connectivity index (χ0n) is 17.5. The first kappa shape index (κ1) is 21.5. The van der Waals surface area contributed by atoms with E-state index < -0.39 is 0 Å². The van der Waals surface area contributed by atoms with Gasteiger partial charge in [0, 0.05) is 50.6 Å². The lowest BCUT2D eigenvalue weighted by Crippen LogP contribution is -2.49. The Hall–Kier alpha value is -1.24. The largest absolute Gasteiger partial charge is 0.381 e. The molecule has 1 aromatic rings. The van der Waals surface area contributed by atoms with Gasteiger partial charge in [0.2, 0.25) is 0 Å². The number of hydrogen-bond donors (Lipinski definition) is 2. The van der Waals surface area contributed by atoms with Crippen molar-refractivity contribution in [3.63, 3.8) is 0 Å². The number of hydrogen-bond acceptors (Lipinski definition) is 4. The molecule has 2 unspecified atom stereocenters. The van der Waals surface area contributed by atoms with Gasteiger partial charge in [0.05, 0.1) is 6.10 Å². The number of nitrogens with one attached hydrogen (secondary N) is 2. The van der Waals surface area contributed by atoms with Crippen molar-refractivity contribution in [3.05, 3.63) is 35.4 Å². The minimum Gasteiger partial charge on any atom is -0.381 e. The summed E-state index contributed by atoms with van der Waals surface area (Å²) < 4.78 is 11.9. The van der Waals surface area contributed by atoms with E-state index in [0.717, 1.165) is 58.1 Å². The lowest BCUT2D eigenvalue weighted by Gasteiger charge is -2.36. The van der Waals surface area contributed by atoms with Crippen molar-refractivity contribution in [1.82, 2.24) is 10.6 Å². The van der Waals surface area contributed by atoms with E-state index in [-0.39, 0.29) is 10.9 Å². The molecule has 0 aromatic heterocycles. The van der Waals surface area contributed by atoms with Gasteiger partial charge in [-0.05, 0) is 44.4 Å². The molecule has 1 aromatic carbocycles. The van der Waals surface area contributed by atoms with Gasteiger partial charge in [-0.2, -0.15) is 11.8 Å². The summed E-state index contributed by atoms with van der Waals surface area (Å²) in [4.78, 5) is 4.44. The summed E-state index contributed by atoms with van der Waals surface area (Å²) in [6.45, 7) is 6.46. The Labute approximate surface area is 174 Å². The van der Waals surface area contributed by atoms with Crippen molar-refractivity contribution in [1.29, 1.82) is 0 Å². The Balaban J connectivity index is 1.54. The molecule has 2 atom stereocenters. The van der Waals surface area contributed by atoms with Crippen LogP contribution in [0.3, 0.4) is 0 Å². The summed E-state index contributed by atoms with van der Waals surface area (Å²) in [6.07, 6.45) is 6.83. The van der Waals surface area contributed by atoms with Crippen molar-refractivity contribution in [2.75, 3.05) is 46.2 Å². The topological polar surface area (TPSA) is 54.9 Å². The van der Waals surface area contributed by atoms with Gasteiger partial charge in [0.1, 0.15) is 0 Å².